The fraction of sp³-hybridized carbons (Fsp3) is 0.214. The number of nitrogens with two attached hydrogens (primary N) is 1. The van der Waals surface area contributed by atoms with E-state index in [9.17, 15) is 4.79 Å². The van der Waals surface area contributed by atoms with Crippen molar-refractivity contribution in [3.63, 3.8) is 0 Å². The van der Waals surface area contributed by atoms with E-state index >= 15 is 0 Å². The Morgan fingerprint density at radius 1 is 1.40 bits per heavy atom. The molecule has 0 bridgehead atoms. The van der Waals surface area contributed by atoms with Gasteiger partial charge >= 0.3 is 6.03 Å². The predicted molar refractivity (Wildman–Crippen MR) is 85.0 cm³/mol. The van der Waals surface area contributed by atoms with Gasteiger partial charge in [0.05, 0.1) is 9.83 Å². The molecule has 0 fully saturated rings. The Bertz CT molecular complexity index is 670. The maximum atomic E-state index is 11.6. The standard InChI is InChI=1S/C14H14BrN3OS/c1-18-6-9-4-8(2-3-11(9)17-14(18)19)13(16)10-5-12(15)20-7-10/h2-5,7,13H,6,16H2,1H3,(H,17,19). The van der Waals surface area contributed by atoms with Crippen LogP contribution in [-0.2, 0) is 6.54 Å². The fourth-order valence-electron chi connectivity index (χ4n) is 2.28. The highest BCUT2D eigenvalue weighted by Gasteiger charge is 2.20. The molecule has 0 aliphatic carbocycles. The van der Waals surface area contributed by atoms with Crippen LogP contribution in [0.25, 0.3) is 0 Å². The van der Waals surface area contributed by atoms with Gasteiger partial charge in [-0.1, -0.05) is 12.1 Å². The first-order chi connectivity index (χ1) is 9.54. The molecule has 2 amide bonds. The zero-order valence-corrected chi connectivity index (χ0v) is 13.3. The Labute approximate surface area is 129 Å². The summed E-state index contributed by atoms with van der Waals surface area (Å²) >= 11 is 5.08. The maximum absolute atomic E-state index is 11.6. The Morgan fingerprint density at radius 2 is 2.20 bits per heavy atom. The van der Waals surface area contributed by atoms with Crippen molar-refractivity contribution in [2.45, 2.75) is 12.6 Å². The number of benzene rings is 1. The van der Waals surface area contributed by atoms with Crippen molar-refractivity contribution in [1.82, 2.24) is 4.90 Å². The summed E-state index contributed by atoms with van der Waals surface area (Å²) in [4.78, 5) is 13.2. The van der Waals surface area contributed by atoms with Crippen LogP contribution in [-0.4, -0.2) is 18.0 Å². The molecular weight excluding hydrogens is 338 g/mol. The molecule has 3 N–H and O–H groups in total. The molecule has 2 aromatic rings. The lowest BCUT2D eigenvalue weighted by molar-refractivity contribution is 0.218. The number of hydrogen-bond donors (Lipinski definition) is 2. The summed E-state index contributed by atoms with van der Waals surface area (Å²) in [7, 11) is 1.78. The van der Waals surface area contributed by atoms with Crippen LogP contribution in [0.3, 0.4) is 0 Å². The molecule has 1 aromatic heterocycles. The molecule has 104 valence electrons. The van der Waals surface area contributed by atoms with Crippen LogP contribution < -0.4 is 11.1 Å². The van der Waals surface area contributed by atoms with Crippen LogP contribution in [0.1, 0.15) is 22.7 Å². The van der Waals surface area contributed by atoms with Crippen LogP contribution in [0.5, 0.6) is 0 Å². The predicted octanol–water partition coefficient (Wildman–Crippen LogP) is 3.54. The monoisotopic (exact) mass is 351 g/mol. The molecule has 20 heavy (non-hydrogen) atoms. The number of hydrogen-bond acceptors (Lipinski definition) is 3. The highest BCUT2D eigenvalue weighted by Crippen LogP contribution is 2.31. The molecule has 0 spiro atoms. The first-order valence-electron chi connectivity index (χ1n) is 6.19. The highest BCUT2D eigenvalue weighted by molar-refractivity contribution is 9.11. The summed E-state index contributed by atoms with van der Waals surface area (Å²) in [6.45, 7) is 0.606. The molecule has 1 atom stereocenters. The minimum atomic E-state index is -0.147. The van der Waals surface area contributed by atoms with Crippen LogP contribution in [0.2, 0.25) is 0 Å². The quantitative estimate of drug-likeness (QED) is 0.869. The van der Waals surface area contributed by atoms with Gasteiger partial charge in [-0.3, -0.25) is 0 Å². The van der Waals surface area contributed by atoms with Crippen molar-refractivity contribution in [1.29, 1.82) is 0 Å². The average Bonchev–Trinajstić information content (AvgIpc) is 2.85. The van der Waals surface area contributed by atoms with Crippen molar-refractivity contribution in [2.75, 3.05) is 12.4 Å². The fourth-order valence-corrected chi connectivity index (χ4v) is 3.49. The number of carbonyl (C=O) groups excluding carboxylic acids is 1. The summed E-state index contributed by atoms with van der Waals surface area (Å²) < 4.78 is 1.08. The van der Waals surface area contributed by atoms with Gasteiger partial charge in [0, 0.05) is 19.3 Å². The second-order valence-electron chi connectivity index (χ2n) is 4.86. The minimum absolute atomic E-state index is 0.0729. The van der Waals surface area contributed by atoms with E-state index < -0.39 is 0 Å². The van der Waals surface area contributed by atoms with Gasteiger partial charge in [0.25, 0.3) is 0 Å². The molecule has 4 nitrogen and oxygen atoms in total. The summed E-state index contributed by atoms with van der Waals surface area (Å²) in [5, 5.41) is 4.92. The largest absolute Gasteiger partial charge is 0.323 e. The van der Waals surface area contributed by atoms with E-state index in [4.69, 9.17) is 5.73 Å². The van der Waals surface area contributed by atoms with Crippen molar-refractivity contribution < 1.29 is 4.79 Å². The molecule has 1 aliphatic rings. The topological polar surface area (TPSA) is 58.4 Å². The third kappa shape index (κ3) is 2.46. The number of nitrogens with zero attached hydrogens (tertiary/aromatic N) is 1. The number of halogens is 1. The van der Waals surface area contributed by atoms with E-state index in [1.165, 1.54) is 0 Å². The lowest BCUT2D eigenvalue weighted by Crippen LogP contribution is -2.35. The molecular formula is C14H14BrN3OS. The highest BCUT2D eigenvalue weighted by atomic mass is 79.9. The van der Waals surface area contributed by atoms with Gasteiger partial charge in [-0.2, -0.15) is 0 Å². The van der Waals surface area contributed by atoms with Crippen molar-refractivity contribution in [3.05, 3.63) is 50.1 Å². The summed E-state index contributed by atoms with van der Waals surface area (Å²) in [6.07, 6.45) is 0. The van der Waals surface area contributed by atoms with Gasteiger partial charge in [-0.15, -0.1) is 11.3 Å². The number of thiophene rings is 1. The minimum Gasteiger partial charge on any atom is -0.323 e. The van der Waals surface area contributed by atoms with E-state index in [1.807, 2.05) is 18.2 Å². The number of rotatable bonds is 2. The Kier molecular flexibility index (Phi) is 3.54. The van der Waals surface area contributed by atoms with Crippen LogP contribution in [0.15, 0.2) is 33.4 Å². The zero-order valence-electron chi connectivity index (χ0n) is 10.9. The third-order valence-electron chi connectivity index (χ3n) is 3.43. The second kappa shape index (κ2) is 5.20. The van der Waals surface area contributed by atoms with Crippen LogP contribution in [0.4, 0.5) is 10.5 Å². The van der Waals surface area contributed by atoms with Gasteiger partial charge in [0.2, 0.25) is 0 Å². The van der Waals surface area contributed by atoms with Crippen LogP contribution in [0, 0.1) is 0 Å². The molecule has 2 heterocycles. The van der Waals surface area contributed by atoms with E-state index in [1.54, 1.807) is 23.3 Å². The summed E-state index contributed by atoms with van der Waals surface area (Å²) in [5.41, 5.74) is 10.4. The molecule has 6 heteroatoms. The van der Waals surface area contributed by atoms with Gasteiger partial charge < -0.3 is 16.0 Å². The molecule has 0 saturated carbocycles. The smallest absolute Gasteiger partial charge is 0.321 e. The SMILES string of the molecule is CN1Cc2cc(C(N)c3csc(Br)c3)ccc2NC1=O. The van der Waals surface area contributed by atoms with Gasteiger partial charge in [-0.25, -0.2) is 4.79 Å². The number of nitrogens with one attached hydrogen (secondary N) is 1. The Morgan fingerprint density at radius 3 is 2.90 bits per heavy atom. The lowest BCUT2D eigenvalue weighted by atomic mass is 9.98. The number of carbonyl (C=O) groups is 1. The first-order valence-corrected chi connectivity index (χ1v) is 7.86. The molecule has 0 radical (unpaired) electrons. The van der Waals surface area contributed by atoms with Crippen molar-refractivity contribution >= 4 is 39.0 Å². The molecule has 1 aromatic carbocycles. The van der Waals surface area contributed by atoms with Crippen LogP contribution >= 0.6 is 27.3 Å². The van der Waals surface area contributed by atoms with E-state index in [-0.39, 0.29) is 12.1 Å². The van der Waals surface area contributed by atoms with Crippen molar-refractivity contribution in [2.24, 2.45) is 5.73 Å². The van der Waals surface area contributed by atoms with E-state index in [0.29, 0.717) is 6.54 Å². The first kappa shape index (κ1) is 13.6. The Hall–Kier alpha value is -1.37. The van der Waals surface area contributed by atoms with E-state index in [2.05, 4.69) is 32.7 Å². The lowest BCUT2D eigenvalue weighted by Gasteiger charge is -2.26. The number of fused-ring (bicyclic) bond motifs is 1. The summed E-state index contributed by atoms with van der Waals surface area (Å²) in [6, 6.07) is 7.80. The Balaban J connectivity index is 1.92. The van der Waals surface area contributed by atoms with Gasteiger partial charge in [-0.05, 0) is 50.1 Å². The summed E-state index contributed by atoms with van der Waals surface area (Å²) in [5.74, 6) is 0. The normalized spacial score (nSPS) is 15.8. The molecule has 3 rings (SSSR count). The van der Waals surface area contributed by atoms with Crippen molar-refractivity contribution in [3.8, 4) is 0 Å². The van der Waals surface area contributed by atoms with Gasteiger partial charge in [0.1, 0.15) is 0 Å². The molecule has 1 aliphatic heterocycles. The molecule has 0 saturated heterocycles. The molecule has 1 unspecified atom stereocenters. The number of amides is 2. The third-order valence-corrected chi connectivity index (χ3v) is 4.95. The maximum Gasteiger partial charge on any atom is 0.321 e. The van der Waals surface area contributed by atoms with E-state index in [0.717, 1.165) is 26.2 Å². The number of anilines is 1. The second-order valence-corrected chi connectivity index (χ2v) is 7.16. The zero-order chi connectivity index (χ0) is 14.3. The van der Waals surface area contributed by atoms with Gasteiger partial charge in [0.15, 0.2) is 0 Å². The number of urea groups is 1. The average molecular weight is 352 g/mol.